The van der Waals surface area contributed by atoms with Crippen LogP contribution in [0.1, 0.15) is 31.3 Å². The normalized spacial score (nSPS) is 15.0. The van der Waals surface area contributed by atoms with Gasteiger partial charge in [-0.25, -0.2) is 8.78 Å². The van der Waals surface area contributed by atoms with E-state index in [0.29, 0.717) is 0 Å². The predicted octanol–water partition coefficient (Wildman–Crippen LogP) is 1.65. The van der Waals surface area contributed by atoms with Crippen LogP contribution in [0.3, 0.4) is 0 Å². The zero-order chi connectivity index (χ0) is 20.6. The standard InChI is InChI=1S/C19H22F2N4O3/c1-19(2,3)23-16(26)18(28)25-6-4-24(5-7-25)17(27)15-10-12-13(21)8-11(20)9-14(12)22-15/h8-10,22H,4-7H2,1-3H3,(H,23,26). The maximum atomic E-state index is 13.8. The van der Waals surface area contributed by atoms with E-state index in [4.69, 9.17) is 0 Å². The highest BCUT2D eigenvalue weighted by atomic mass is 19.1. The Labute approximate surface area is 160 Å². The van der Waals surface area contributed by atoms with Gasteiger partial charge in [0, 0.05) is 43.2 Å². The van der Waals surface area contributed by atoms with E-state index in [0.717, 1.165) is 12.1 Å². The number of benzene rings is 1. The number of nitrogens with zero attached hydrogens (tertiary/aromatic N) is 2. The summed E-state index contributed by atoms with van der Waals surface area (Å²) in [6.07, 6.45) is 0. The van der Waals surface area contributed by atoms with Gasteiger partial charge in [0.15, 0.2) is 0 Å². The molecule has 9 heteroatoms. The van der Waals surface area contributed by atoms with Crippen LogP contribution in [-0.4, -0.2) is 64.2 Å². The monoisotopic (exact) mass is 392 g/mol. The molecule has 28 heavy (non-hydrogen) atoms. The quantitative estimate of drug-likeness (QED) is 0.724. The summed E-state index contributed by atoms with van der Waals surface area (Å²) in [5.74, 6) is -3.16. The number of rotatable bonds is 1. The zero-order valence-corrected chi connectivity index (χ0v) is 15.9. The number of carbonyl (C=O) groups is 3. The maximum Gasteiger partial charge on any atom is 0.312 e. The number of aromatic nitrogens is 1. The number of fused-ring (bicyclic) bond motifs is 1. The second kappa shape index (κ2) is 7.21. The first-order chi connectivity index (χ1) is 13.0. The molecule has 150 valence electrons. The summed E-state index contributed by atoms with van der Waals surface area (Å²) < 4.78 is 27.2. The molecule has 0 bridgehead atoms. The van der Waals surface area contributed by atoms with Crippen molar-refractivity contribution in [3.63, 3.8) is 0 Å². The van der Waals surface area contributed by atoms with Crippen molar-refractivity contribution in [2.45, 2.75) is 26.3 Å². The fourth-order valence-electron chi connectivity index (χ4n) is 3.10. The summed E-state index contributed by atoms with van der Waals surface area (Å²) in [6, 6.07) is 3.23. The molecular formula is C19H22F2N4O3. The van der Waals surface area contributed by atoms with Crippen LogP contribution < -0.4 is 5.32 Å². The summed E-state index contributed by atoms with van der Waals surface area (Å²) in [5, 5.41) is 2.76. The molecule has 0 spiro atoms. The van der Waals surface area contributed by atoms with Gasteiger partial charge in [-0.3, -0.25) is 14.4 Å². The van der Waals surface area contributed by atoms with Gasteiger partial charge in [-0.1, -0.05) is 0 Å². The minimum absolute atomic E-state index is 0.136. The lowest BCUT2D eigenvalue weighted by Crippen LogP contribution is -2.55. The number of carbonyl (C=O) groups excluding carboxylic acids is 3. The number of amides is 3. The Kier molecular flexibility index (Phi) is 5.10. The van der Waals surface area contributed by atoms with Gasteiger partial charge in [-0.15, -0.1) is 0 Å². The van der Waals surface area contributed by atoms with Crippen LogP contribution in [0.15, 0.2) is 18.2 Å². The predicted molar refractivity (Wildman–Crippen MR) is 98.6 cm³/mol. The van der Waals surface area contributed by atoms with Crippen molar-refractivity contribution in [2.24, 2.45) is 0 Å². The molecule has 1 aromatic heterocycles. The van der Waals surface area contributed by atoms with Gasteiger partial charge in [-0.2, -0.15) is 0 Å². The maximum absolute atomic E-state index is 13.8. The van der Waals surface area contributed by atoms with Gasteiger partial charge < -0.3 is 20.1 Å². The summed E-state index contributed by atoms with van der Waals surface area (Å²) in [4.78, 5) is 42.5. The Bertz CT molecular complexity index is 941. The van der Waals surface area contributed by atoms with Gasteiger partial charge in [0.2, 0.25) is 0 Å². The molecule has 0 saturated carbocycles. The Hall–Kier alpha value is -2.97. The minimum atomic E-state index is -0.745. The summed E-state index contributed by atoms with van der Waals surface area (Å²) in [7, 11) is 0. The van der Waals surface area contributed by atoms with E-state index in [1.165, 1.54) is 15.9 Å². The topological polar surface area (TPSA) is 85.5 Å². The number of nitrogens with one attached hydrogen (secondary N) is 2. The number of piperazine rings is 1. The first-order valence-electron chi connectivity index (χ1n) is 8.93. The van der Waals surface area contributed by atoms with Crippen molar-refractivity contribution in [2.75, 3.05) is 26.2 Å². The van der Waals surface area contributed by atoms with Crippen LogP contribution in [0.25, 0.3) is 10.9 Å². The molecular weight excluding hydrogens is 370 g/mol. The third-order valence-electron chi connectivity index (χ3n) is 4.42. The summed E-state index contributed by atoms with van der Waals surface area (Å²) in [6.45, 7) is 6.24. The van der Waals surface area contributed by atoms with E-state index in [-0.39, 0.29) is 48.7 Å². The van der Waals surface area contributed by atoms with Gasteiger partial charge in [-0.05, 0) is 32.9 Å². The highest BCUT2D eigenvalue weighted by Crippen LogP contribution is 2.21. The van der Waals surface area contributed by atoms with Crippen molar-refractivity contribution >= 4 is 28.6 Å². The number of aromatic amines is 1. The highest BCUT2D eigenvalue weighted by Gasteiger charge is 2.30. The fraction of sp³-hybridized carbons (Fsp3) is 0.421. The fourth-order valence-corrected chi connectivity index (χ4v) is 3.10. The molecule has 2 aromatic rings. The Morgan fingerprint density at radius 1 is 1.00 bits per heavy atom. The van der Waals surface area contributed by atoms with Crippen molar-refractivity contribution in [1.29, 1.82) is 0 Å². The molecule has 1 aromatic carbocycles. The second-order valence-corrected chi connectivity index (χ2v) is 7.82. The number of hydrogen-bond acceptors (Lipinski definition) is 3. The van der Waals surface area contributed by atoms with Crippen molar-refractivity contribution in [1.82, 2.24) is 20.1 Å². The van der Waals surface area contributed by atoms with Crippen LogP contribution in [0.5, 0.6) is 0 Å². The van der Waals surface area contributed by atoms with Gasteiger partial charge in [0.25, 0.3) is 5.91 Å². The van der Waals surface area contributed by atoms with Gasteiger partial charge in [0.05, 0.1) is 5.52 Å². The summed E-state index contributed by atoms with van der Waals surface area (Å²) in [5.41, 5.74) is -0.173. The van der Waals surface area contributed by atoms with Crippen molar-refractivity contribution < 1.29 is 23.2 Å². The van der Waals surface area contributed by atoms with Crippen LogP contribution in [0.2, 0.25) is 0 Å². The lowest BCUT2D eigenvalue weighted by molar-refractivity contribution is -0.147. The molecule has 2 N–H and O–H groups in total. The average molecular weight is 392 g/mol. The molecule has 1 fully saturated rings. The Morgan fingerprint density at radius 3 is 2.21 bits per heavy atom. The largest absolute Gasteiger partial charge is 0.350 e. The van der Waals surface area contributed by atoms with Crippen molar-refractivity contribution in [3.05, 3.63) is 35.5 Å². The molecule has 2 heterocycles. The van der Waals surface area contributed by atoms with E-state index in [1.807, 2.05) is 0 Å². The van der Waals surface area contributed by atoms with Gasteiger partial charge >= 0.3 is 11.8 Å². The number of halogens is 2. The number of hydrogen-bond donors (Lipinski definition) is 2. The van der Waals surface area contributed by atoms with Crippen LogP contribution in [0, 0.1) is 11.6 Å². The molecule has 1 saturated heterocycles. The van der Waals surface area contributed by atoms with E-state index in [2.05, 4.69) is 10.3 Å². The summed E-state index contributed by atoms with van der Waals surface area (Å²) >= 11 is 0. The average Bonchev–Trinajstić information content (AvgIpc) is 3.03. The Morgan fingerprint density at radius 2 is 1.61 bits per heavy atom. The van der Waals surface area contributed by atoms with E-state index >= 15 is 0 Å². The van der Waals surface area contributed by atoms with E-state index in [1.54, 1.807) is 20.8 Å². The molecule has 3 amide bonds. The molecule has 0 unspecified atom stereocenters. The molecule has 0 aliphatic carbocycles. The lowest BCUT2D eigenvalue weighted by Gasteiger charge is -2.34. The minimum Gasteiger partial charge on any atom is -0.350 e. The van der Waals surface area contributed by atoms with Crippen LogP contribution in [0.4, 0.5) is 8.78 Å². The molecule has 0 atom stereocenters. The first kappa shape index (κ1) is 19.8. The van der Waals surface area contributed by atoms with Crippen molar-refractivity contribution in [3.8, 4) is 0 Å². The van der Waals surface area contributed by atoms with Crippen LogP contribution in [-0.2, 0) is 9.59 Å². The smallest absolute Gasteiger partial charge is 0.312 e. The van der Waals surface area contributed by atoms with Gasteiger partial charge in [0.1, 0.15) is 17.3 Å². The number of H-pyrrole nitrogens is 1. The van der Waals surface area contributed by atoms with E-state index < -0.39 is 29.0 Å². The zero-order valence-electron chi connectivity index (χ0n) is 15.9. The third-order valence-corrected chi connectivity index (χ3v) is 4.42. The molecule has 1 aliphatic rings. The first-order valence-corrected chi connectivity index (χ1v) is 8.93. The SMILES string of the molecule is CC(C)(C)NC(=O)C(=O)N1CCN(C(=O)c2cc3c(F)cc(F)cc3[nH]2)CC1. The second-order valence-electron chi connectivity index (χ2n) is 7.82. The third kappa shape index (κ3) is 4.13. The van der Waals surface area contributed by atoms with Crippen LogP contribution >= 0.6 is 0 Å². The molecule has 7 nitrogen and oxygen atoms in total. The van der Waals surface area contributed by atoms with E-state index in [9.17, 15) is 23.2 Å². The Balaban J connectivity index is 1.65. The molecule has 1 aliphatic heterocycles. The molecule has 0 radical (unpaired) electrons. The highest BCUT2D eigenvalue weighted by molar-refractivity contribution is 6.35. The molecule has 3 rings (SSSR count). The lowest BCUT2D eigenvalue weighted by atomic mass is 10.1.